The minimum Gasteiger partial charge on any atom is -0.494 e. The minimum absolute atomic E-state index is 0.0852. The van der Waals surface area contributed by atoms with E-state index in [1.165, 1.54) is 0 Å². The third-order valence-corrected chi connectivity index (χ3v) is 5.68. The van der Waals surface area contributed by atoms with Crippen LogP contribution in [0.2, 0.25) is 0 Å². The van der Waals surface area contributed by atoms with Crippen molar-refractivity contribution in [3.8, 4) is 28.0 Å². The van der Waals surface area contributed by atoms with Gasteiger partial charge in [0.15, 0.2) is 0 Å². The molecule has 0 bridgehead atoms. The number of amides is 1. The summed E-state index contributed by atoms with van der Waals surface area (Å²) in [5.74, 6) is 0.764. The third kappa shape index (κ3) is 3.48. The van der Waals surface area contributed by atoms with Crippen LogP contribution in [0.1, 0.15) is 30.9 Å². The van der Waals surface area contributed by atoms with Gasteiger partial charge in [-0.2, -0.15) is 5.10 Å². The number of benzene rings is 2. The van der Waals surface area contributed by atoms with Crippen molar-refractivity contribution in [2.45, 2.75) is 25.4 Å². The monoisotopic (exact) mass is 405 g/mol. The van der Waals surface area contributed by atoms with Crippen LogP contribution in [0.5, 0.6) is 5.75 Å². The summed E-state index contributed by atoms with van der Waals surface area (Å²) in [5.41, 5.74) is 4.59. The van der Waals surface area contributed by atoms with Gasteiger partial charge in [-0.15, -0.1) is 0 Å². The SMILES string of the molecule is CN(C)C(=O)CCCOc1cc(-c2cnn(C)c2)c2c(c1)C(C)(O)c1ccccc1-2. The maximum Gasteiger partial charge on any atom is 0.222 e. The Kier molecular flexibility index (Phi) is 5.12. The van der Waals surface area contributed by atoms with Crippen LogP contribution >= 0.6 is 0 Å². The highest BCUT2D eigenvalue weighted by Crippen LogP contribution is 2.52. The summed E-state index contributed by atoms with van der Waals surface area (Å²) < 4.78 is 7.78. The number of carbonyl (C=O) groups excluding carboxylic acids is 1. The first kappa shape index (κ1) is 20.2. The van der Waals surface area contributed by atoms with Crippen molar-refractivity contribution in [2.75, 3.05) is 20.7 Å². The number of ether oxygens (including phenoxy) is 1. The van der Waals surface area contributed by atoms with Crippen LogP contribution in [0.25, 0.3) is 22.3 Å². The molecule has 156 valence electrons. The Morgan fingerprint density at radius 2 is 1.97 bits per heavy atom. The van der Waals surface area contributed by atoms with Gasteiger partial charge in [0.1, 0.15) is 11.4 Å². The van der Waals surface area contributed by atoms with Crippen molar-refractivity contribution < 1.29 is 14.6 Å². The van der Waals surface area contributed by atoms with Gasteiger partial charge in [0.2, 0.25) is 5.91 Å². The molecular formula is C24H27N3O3. The molecule has 0 spiro atoms. The number of fused-ring (bicyclic) bond motifs is 3. The smallest absolute Gasteiger partial charge is 0.222 e. The molecule has 1 N–H and O–H groups in total. The van der Waals surface area contributed by atoms with Crippen LogP contribution < -0.4 is 4.74 Å². The van der Waals surface area contributed by atoms with Gasteiger partial charge >= 0.3 is 0 Å². The maximum atomic E-state index is 11.8. The molecular weight excluding hydrogens is 378 g/mol. The second kappa shape index (κ2) is 7.61. The molecule has 0 saturated heterocycles. The van der Waals surface area contributed by atoms with E-state index in [0.29, 0.717) is 25.2 Å². The number of carbonyl (C=O) groups is 1. The van der Waals surface area contributed by atoms with Crippen LogP contribution in [0.15, 0.2) is 48.8 Å². The first-order chi connectivity index (χ1) is 14.3. The Balaban J connectivity index is 1.72. The van der Waals surface area contributed by atoms with E-state index < -0.39 is 5.60 Å². The Hall–Kier alpha value is -3.12. The zero-order chi connectivity index (χ0) is 21.5. The van der Waals surface area contributed by atoms with Crippen molar-refractivity contribution in [3.63, 3.8) is 0 Å². The summed E-state index contributed by atoms with van der Waals surface area (Å²) in [6.07, 6.45) is 4.86. The van der Waals surface area contributed by atoms with Crippen LogP contribution in [0.3, 0.4) is 0 Å². The van der Waals surface area contributed by atoms with Crippen LogP contribution in [-0.2, 0) is 17.4 Å². The van der Waals surface area contributed by atoms with Crippen LogP contribution in [-0.4, -0.2) is 46.4 Å². The molecule has 1 aliphatic carbocycles. The van der Waals surface area contributed by atoms with Gasteiger partial charge in [0.25, 0.3) is 0 Å². The summed E-state index contributed by atoms with van der Waals surface area (Å²) in [5, 5.41) is 15.7. The highest BCUT2D eigenvalue weighted by Gasteiger charge is 2.39. The van der Waals surface area contributed by atoms with Gasteiger partial charge in [-0.3, -0.25) is 9.48 Å². The van der Waals surface area contributed by atoms with E-state index in [1.807, 2.05) is 62.8 Å². The Bertz CT molecular complexity index is 1100. The zero-order valence-corrected chi connectivity index (χ0v) is 17.8. The summed E-state index contributed by atoms with van der Waals surface area (Å²) in [6, 6.07) is 11.9. The largest absolute Gasteiger partial charge is 0.494 e. The van der Waals surface area contributed by atoms with E-state index in [0.717, 1.165) is 33.4 Å². The topological polar surface area (TPSA) is 67.6 Å². The molecule has 0 fully saturated rings. The highest BCUT2D eigenvalue weighted by molar-refractivity contribution is 5.92. The lowest BCUT2D eigenvalue weighted by molar-refractivity contribution is -0.128. The predicted octanol–water partition coefficient (Wildman–Crippen LogP) is 3.57. The van der Waals surface area contributed by atoms with Gasteiger partial charge in [0.05, 0.1) is 12.8 Å². The van der Waals surface area contributed by atoms with Crippen molar-refractivity contribution in [3.05, 3.63) is 59.9 Å². The van der Waals surface area contributed by atoms with Crippen molar-refractivity contribution in [2.24, 2.45) is 7.05 Å². The fraction of sp³-hybridized carbons (Fsp3) is 0.333. The molecule has 6 nitrogen and oxygen atoms in total. The molecule has 3 aromatic rings. The lowest BCUT2D eigenvalue weighted by atomic mass is 9.91. The Morgan fingerprint density at radius 3 is 2.67 bits per heavy atom. The van der Waals surface area contributed by atoms with Gasteiger partial charge in [-0.25, -0.2) is 0 Å². The average molecular weight is 405 g/mol. The van der Waals surface area contributed by atoms with Crippen LogP contribution in [0.4, 0.5) is 0 Å². The molecule has 1 aliphatic rings. The molecule has 0 aliphatic heterocycles. The van der Waals surface area contributed by atoms with Gasteiger partial charge in [-0.1, -0.05) is 24.3 Å². The van der Waals surface area contributed by atoms with E-state index in [1.54, 1.807) is 23.7 Å². The number of aryl methyl sites for hydroxylation is 1. The van der Waals surface area contributed by atoms with Crippen molar-refractivity contribution in [1.82, 2.24) is 14.7 Å². The molecule has 1 atom stereocenters. The second-order valence-electron chi connectivity index (χ2n) is 8.15. The number of nitrogens with zero attached hydrogens (tertiary/aromatic N) is 3. The molecule has 1 heterocycles. The van der Waals surface area contributed by atoms with Crippen LogP contribution in [0, 0.1) is 0 Å². The Labute approximate surface area is 176 Å². The lowest BCUT2D eigenvalue weighted by Crippen LogP contribution is -2.21. The fourth-order valence-electron chi connectivity index (χ4n) is 4.07. The minimum atomic E-state index is -1.11. The Morgan fingerprint density at radius 1 is 1.20 bits per heavy atom. The number of aliphatic hydroxyl groups is 1. The second-order valence-corrected chi connectivity index (χ2v) is 8.15. The number of rotatable bonds is 6. The van der Waals surface area contributed by atoms with Crippen molar-refractivity contribution >= 4 is 5.91 Å². The van der Waals surface area contributed by atoms with Gasteiger partial charge in [-0.05, 0) is 53.3 Å². The molecule has 2 aromatic carbocycles. The third-order valence-electron chi connectivity index (χ3n) is 5.68. The maximum absolute atomic E-state index is 11.8. The van der Waals surface area contributed by atoms with E-state index in [-0.39, 0.29) is 5.91 Å². The average Bonchev–Trinajstić information content (AvgIpc) is 3.25. The first-order valence-electron chi connectivity index (χ1n) is 10.1. The lowest BCUT2D eigenvalue weighted by Gasteiger charge is -2.21. The fourth-order valence-corrected chi connectivity index (χ4v) is 4.07. The zero-order valence-electron chi connectivity index (χ0n) is 17.8. The van der Waals surface area contributed by atoms with Gasteiger partial charge in [0, 0.05) is 39.3 Å². The molecule has 1 aromatic heterocycles. The summed E-state index contributed by atoms with van der Waals surface area (Å²) in [6.45, 7) is 2.25. The molecule has 0 radical (unpaired) electrons. The summed E-state index contributed by atoms with van der Waals surface area (Å²) >= 11 is 0. The molecule has 4 rings (SSSR count). The molecule has 1 amide bonds. The molecule has 30 heavy (non-hydrogen) atoms. The van der Waals surface area contributed by atoms with E-state index >= 15 is 0 Å². The molecule has 0 saturated carbocycles. The predicted molar refractivity (Wildman–Crippen MR) is 116 cm³/mol. The standard InChI is InChI=1S/C24H27N3O3/c1-24(29)20-9-6-5-8-18(20)23-19(16-14-25-27(4)15-16)12-17(13-21(23)24)30-11-7-10-22(28)26(2)3/h5-6,8-9,12-15,29H,7,10-11H2,1-4H3. The number of hydrogen-bond acceptors (Lipinski definition) is 4. The van der Waals surface area contributed by atoms with Crippen molar-refractivity contribution in [1.29, 1.82) is 0 Å². The molecule has 1 unspecified atom stereocenters. The quantitative estimate of drug-likeness (QED) is 0.637. The molecule has 6 heteroatoms. The summed E-state index contributed by atoms with van der Waals surface area (Å²) in [4.78, 5) is 13.4. The van der Waals surface area contributed by atoms with E-state index in [9.17, 15) is 9.90 Å². The number of aromatic nitrogens is 2. The first-order valence-corrected chi connectivity index (χ1v) is 10.1. The van der Waals surface area contributed by atoms with Gasteiger partial charge < -0.3 is 14.7 Å². The van der Waals surface area contributed by atoms with E-state index in [2.05, 4.69) is 5.10 Å². The summed E-state index contributed by atoms with van der Waals surface area (Å²) in [7, 11) is 5.39. The highest BCUT2D eigenvalue weighted by atomic mass is 16.5. The normalized spacial score (nSPS) is 16.8. The van der Waals surface area contributed by atoms with E-state index in [4.69, 9.17) is 4.74 Å². The number of hydrogen-bond donors (Lipinski definition) is 1.